The molecule has 12 heteroatoms. The summed E-state index contributed by atoms with van der Waals surface area (Å²) in [6.45, 7) is 12.5. The van der Waals surface area contributed by atoms with Crippen LogP contribution in [0.4, 0.5) is 16.4 Å². The van der Waals surface area contributed by atoms with Crippen molar-refractivity contribution in [1.82, 2.24) is 19.6 Å². The number of rotatable bonds is 3. The maximum atomic E-state index is 13.8. The van der Waals surface area contributed by atoms with E-state index in [9.17, 15) is 18.0 Å². The van der Waals surface area contributed by atoms with E-state index in [2.05, 4.69) is 60.6 Å². The molecule has 2 aromatic heterocycles. The predicted molar refractivity (Wildman–Crippen MR) is 191 cm³/mol. The quantitative estimate of drug-likeness (QED) is 0.314. The number of sulfonamides is 1. The standard InChI is InChI=1S/C38H46N6O5S/c1-36(2,3)30-15-14-28-33(40-30)44-24-38(23-37(44,4)5)21-27(38)20-29(39-31-12-9-13-32(41-31)50(47,48)42-34(28)45)26-16-18-43(19-17-26)35(46)49-22-25-10-7-6-8-11-25/h6-16,27,29H,17-24H2,1-5H3,(H,39,41)(H,42,45). The van der Waals surface area contributed by atoms with Crippen molar-refractivity contribution in [1.29, 1.82) is 0 Å². The molecule has 5 heterocycles. The first-order valence-electron chi connectivity index (χ1n) is 17.4. The summed E-state index contributed by atoms with van der Waals surface area (Å²) in [6, 6.07) is 17.8. The minimum Gasteiger partial charge on any atom is -0.445 e. The van der Waals surface area contributed by atoms with Gasteiger partial charge in [-0.15, -0.1) is 0 Å². The first-order chi connectivity index (χ1) is 23.6. The highest BCUT2D eigenvalue weighted by Gasteiger charge is 2.63. The summed E-state index contributed by atoms with van der Waals surface area (Å²) in [5, 5.41) is 3.30. The number of benzene rings is 1. The number of pyridine rings is 2. The molecule has 1 aromatic carbocycles. The van der Waals surface area contributed by atoms with Crippen molar-refractivity contribution in [2.45, 2.75) is 88.9 Å². The molecule has 7 rings (SSSR count). The lowest BCUT2D eigenvalue weighted by molar-refractivity contribution is 0.0976. The van der Waals surface area contributed by atoms with Crippen LogP contribution in [0.15, 0.2) is 77.3 Å². The Balaban J connectivity index is 1.20. The molecule has 2 amide bonds. The van der Waals surface area contributed by atoms with Gasteiger partial charge in [0.25, 0.3) is 15.9 Å². The summed E-state index contributed by atoms with van der Waals surface area (Å²) in [5.74, 6) is 0.576. The van der Waals surface area contributed by atoms with Crippen LogP contribution in [0.25, 0.3) is 0 Å². The van der Waals surface area contributed by atoms with Crippen LogP contribution >= 0.6 is 0 Å². The van der Waals surface area contributed by atoms with Gasteiger partial charge in [0.15, 0.2) is 5.03 Å². The van der Waals surface area contributed by atoms with Gasteiger partial charge in [0, 0.05) is 42.3 Å². The van der Waals surface area contributed by atoms with Crippen molar-refractivity contribution in [2.24, 2.45) is 11.3 Å². The third-order valence-corrected chi connectivity index (χ3v) is 11.9. The lowest BCUT2D eigenvalue weighted by Gasteiger charge is -2.34. The van der Waals surface area contributed by atoms with Gasteiger partial charge in [-0.3, -0.25) is 4.79 Å². The molecular weight excluding hydrogens is 653 g/mol. The van der Waals surface area contributed by atoms with E-state index in [-0.39, 0.29) is 45.7 Å². The molecule has 3 aliphatic heterocycles. The summed E-state index contributed by atoms with van der Waals surface area (Å²) >= 11 is 0. The molecule has 0 radical (unpaired) electrons. The molecule has 4 bridgehead atoms. The van der Waals surface area contributed by atoms with Crippen molar-refractivity contribution in [2.75, 3.05) is 29.9 Å². The van der Waals surface area contributed by atoms with Crippen molar-refractivity contribution in [3.05, 3.63) is 89.1 Å². The molecular formula is C38H46N6O5S. The fraction of sp³-hybridized carbons (Fsp3) is 0.474. The number of aromatic nitrogens is 2. The number of fused-ring (bicyclic) bond motifs is 5. The van der Waals surface area contributed by atoms with E-state index in [0.717, 1.165) is 42.6 Å². The first-order valence-corrected chi connectivity index (χ1v) is 18.9. The fourth-order valence-corrected chi connectivity index (χ4v) is 8.88. The van der Waals surface area contributed by atoms with Gasteiger partial charge in [-0.1, -0.05) is 63.2 Å². The van der Waals surface area contributed by atoms with Gasteiger partial charge in [0.05, 0.1) is 5.56 Å². The van der Waals surface area contributed by atoms with E-state index >= 15 is 0 Å². The van der Waals surface area contributed by atoms with Crippen LogP contribution < -0.4 is 14.9 Å². The van der Waals surface area contributed by atoms with Gasteiger partial charge < -0.3 is 19.9 Å². The summed E-state index contributed by atoms with van der Waals surface area (Å²) < 4.78 is 35.1. The number of carbonyl (C=O) groups is 2. The molecule has 3 unspecified atom stereocenters. The van der Waals surface area contributed by atoms with Gasteiger partial charge in [-0.25, -0.2) is 19.5 Å². The Labute approximate surface area is 294 Å². The average molecular weight is 699 g/mol. The Morgan fingerprint density at radius 1 is 1.04 bits per heavy atom. The third-order valence-electron chi connectivity index (χ3n) is 10.7. The smallest absolute Gasteiger partial charge is 0.410 e. The molecule has 1 spiro atoms. The minimum atomic E-state index is -4.31. The van der Waals surface area contributed by atoms with Crippen LogP contribution in [0.2, 0.25) is 0 Å². The predicted octanol–water partition coefficient (Wildman–Crippen LogP) is 6.04. The van der Waals surface area contributed by atoms with E-state index in [1.807, 2.05) is 36.4 Å². The molecule has 3 aromatic rings. The number of carbonyl (C=O) groups excluding carboxylic acids is 2. The zero-order chi connectivity index (χ0) is 35.5. The molecule has 11 nitrogen and oxygen atoms in total. The fourth-order valence-electron chi connectivity index (χ4n) is 7.95. The highest BCUT2D eigenvalue weighted by Crippen LogP contribution is 2.65. The number of ether oxygens (including phenoxy) is 1. The number of nitrogens with one attached hydrogen (secondary N) is 2. The Hall–Kier alpha value is -4.45. The summed E-state index contributed by atoms with van der Waals surface area (Å²) in [7, 11) is -4.31. The van der Waals surface area contributed by atoms with Crippen molar-refractivity contribution < 1.29 is 22.7 Å². The van der Waals surface area contributed by atoms with Crippen molar-refractivity contribution in [3.8, 4) is 0 Å². The number of anilines is 2. The van der Waals surface area contributed by atoms with Crippen LogP contribution in [0.1, 0.15) is 81.9 Å². The molecule has 1 saturated carbocycles. The minimum absolute atomic E-state index is 0.0284. The van der Waals surface area contributed by atoms with Gasteiger partial charge in [-0.05, 0) is 86.3 Å². The lowest BCUT2D eigenvalue weighted by Crippen LogP contribution is -2.41. The third kappa shape index (κ3) is 6.69. The molecule has 264 valence electrons. The second-order valence-electron chi connectivity index (χ2n) is 15.9. The van der Waals surface area contributed by atoms with Crippen LogP contribution in [0, 0.1) is 11.3 Å². The van der Waals surface area contributed by atoms with Crippen LogP contribution in [-0.2, 0) is 26.8 Å². The zero-order valence-corrected chi connectivity index (χ0v) is 30.2. The van der Waals surface area contributed by atoms with E-state index in [1.165, 1.54) is 6.07 Å². The normalized spacial score (nSPS) is 25.5. The average Bonchev–Trinajstić information content (AvgIpc) is 3.65. The van der Waals surface area contributed by atoms with Crippen molar-refractivity contribution >= 4 is 33.7 Å². The van der Waals surface area contributed by atoms with Crippen LogP contribution in [-0.4, -0.2) is 66.5 Å². The van der Waals surface area contributed by atoms with Crippen molar-refractivity contribution in [3.63, 3.8) is 0 Å². The van der Waals surface area contributed by atoms with Gasteiger partial charge in [-0.2, -0.15) is 8.42 Å². The topological polar surface area (TPSA) is 134 Å². The Kier molecular flexibility index (Phi) is 8.44. The lowest BCUT2D eigenvalue weighted by atomic mass is 9.88. The second kappa shape index (κ2) is 12.4. The largest absolute Gasteiger partial charge is 0.445 e. The zero-order valence-electron chi connectivity index (χ0n) is 29.4. The van der Waals surface area contributed by atoms with E-state index in [1.54, 1.807) is 23.1 Å². The molecule has 2 fully saturated rings. The van der Waals surface area contributed by atoms with E-state index < -0.39 is 15.9 Å². The summed E-state index contributed by atoms with van der Waals surface area (Å²) in [6.07, 6.45) is 5.18. The van der Waals surface area contributed by atoms with Gasteiger partial charge >= 0.3 is 6.09 Å². The highest BCUT2D eigenvalue weighted by atomic mass is 32.2. The maximum Gasteiger partial charge on any atom is 0.410 e. The second-order valence-corrected chi connectivity index (χ2v) is 17.5. The molecule has 50 heavy (non-hydrogen) atoms. The summed E-state index contributed by atoms with van der Waals surface area (Å²) in [5.41, 5.74) is 2.58. The molecule has 1 saturated heterocycles. The van der Waals surface area contributed by atoms with Gasteiger partial charge in [0.1, 0.15) is 18.2 Å². The Morgan fingerprint density at radius 2 is 1.82 bits per heavy atom. The summed E-state index contributed by atoms with van der Waals surface area (Å²) in [4.78, 5) is 40.2. The number of nitrogens with zero attached hydrogens (tertiary/aromatic N) is 4. The molecule has 3 atom stereocenters. The Morgan fingerprint density at radius 3 is 2.54 bits per heavy atom. The molecule has 2 N–H and O–H groups in total. The first kappa shape index (κ1) is 34.0. The van der Waals surface area contributed by atoms with E-state index in [4.69, 9.17) is 9.72 Å². The van der Waals surface area contributed by atoms with Gasteiger partial charge in [0.2, 0.25) is 0 Å². The molecule has 1 aliphatic carbocycles. The number of amides is 2. The highest BCUT2D eigenvalue weighted by molar-refractivity contribution is 7.90. The molecule has 4 aliphatic rings. The van der Waals surface area contributed by atoms with Crippen LogP contribution in [0.5, 0.6) is 0 Å². The van der Waals surface area contributed by atoms with E-state index in [0.29, 0.717) is 37.1 Å². The number of hydrogen-bond donors (Lipinski definition) is 2. The monoisotopic (exact) mass is 698 g/mol. The maximum absolute atomic E-state index is 13.8. The Bertz CT molecular complexity index is 1960. The number of hydrogen-bond acceptors (Lipinski definition) is 9. The SMILES string of the molecule is CC(C)(C)c1ccc2c(n1)N1CC3(CC3CC(C3=CCN(C(=O)OCc4ccccc4)CC3)Nc3cccc(n3)S(=O)(=O)NC2=O)CC1(C)C. The van der Waals surface area contributed by atoms with Crippen LogP contribution in [0.3, 0.4) is 0 Å².